The topological polar surface area (TPSA) is 21.3 Å². The van der Waals surface area contributed by atoms with Gasteiger partial charge in [0.1, 0.15) is 17.3 Å². The molecule has 2 nitrogen and oxygen atoms in total. The molecule has 1 N–H and O–H groups in total. The zero-order chi connectivity index (χ0) is 14.8. The van der Waals surface area contributed by atoms with Crippen LogP contribution in [0.1, 0.15) is 24.0 Å². The molecule has 0 amide bonds. The van der Waals surface area contributed by atoms with Gasteiger partial charge >= 0.3 is 0 Å². The molecule has 0 aromatic heterocycles. The molecule has 1 fully saturated rings. The van der Waals surface area contributed by atoms with Gasteiger partial charge < -0.3 is 10.1 Å². The van der Waals surface area contributed by atoms with Crippen LogP contribution < -0.4 is 10.1 Å². The summed E-state index contributed by atoms with van der Waals surface area (Å²) >= 11 is 6.01. The van der Waals surface area contributed by atoms with Crippen LogP contribution >= 0.6 is 11.6 Å². The number of ether oxygens (including phenoxy) is 1. The molecule has 0 bridgehead atoms. The third-order valence-corrected chi connectivity index (χ3v) is 3.79. The van der Waals surface area contributed by atoms with Crippen molar-refractivity contribution in [3.05, 3.63) is 58.4 Å². The van der Waals surface area contributed by atoms with Gasteiger partial charge in [-0.15, -0.1) is 0 Å². The standard InChI is InChI=1S/C17H17ClFNO/c1-11-2-3-13(18)9-17(11)21-16-7-4-14(19)8-12(16)10-20-15-5-6-15/h2-4,7-9,15,20H,5-6,10H2,1H3. The molecule has 0 atom stereocenters. The highest BCUT2D eigenvalue weighted by atomic mass is 35.5. The van der Waals surface area contributed by atoms with Gasteiger partial charge in [-0.1, -0.05) is 17.7 Å². The molecule has 1 aliphatic carbocycles. The van der Waals surface area contributed by atoms with E-state index in [-0.39, 0.29) is 5.82 Å². The van der Waals surface area contributed by atoms with E-state index >= 15 is 0 Å². The summed E-state index contributed by atoms with van der Waals surface area (Å²) in [6, 6.07) is 10.7. The van der Waals surface area contributed by atoms with Crippen LogP contribution in [0.5, 0.6) is 11.5 Å². The number of halogens is 2. The smallest absolute Gasteiger partial charge is 0.132 e. The van der Waals surface area contributed by atoms with E-state index in [2.05, 4.69) is 5.32 Å². The minimum absolute atomic E-state index is 0.252. The third-order valence-electron chi connectivity index (χ3n) is 3.55. The Morgan fingerprint density at radius 3 is 2.76 bits per heavy atom. The average Bonchev–Trinajstić information content (AvgIpc) is 3.27. The fraction of sp³-hybridized carbons (Fsp3) is 0.294. The van der Waals surface area contributed by atoms with Crippen molar-refractivity contribution in [2.24, 2.45) is 0 Å². The molecule has 2 aromatic rings. The number of hydrogen-bond donors (Lipinski definition) is 1. The molecule has 0 aliphatic heterocycles. The molecule has 21 heavy (non-hydrogen) atoms. The lowest BCUT2D eigenvalue weighted by Crippen LogP contribution is -2.16. The Balaban J connectivity index is 1.84. The Morgan fingerprint density at radius 2 is 2.00 bits per heavy atom. The van der Waals surface area contributed by atoms with Crippen LogP contribution in [0.15, 0.2) is 36.4 Å². The van der Waals surface area contributed by atoms with Crippen molar-refractivity contribution in [2.45, 2.75) is 32.4 Å². The lowest BCUT2D eigenvalue weighted by atomic mass is 10.1. The average molecular weight is 306 g/mol. The highest BCUT2D eigenvalue weighted by Gasteiger charge is 2.21. The quantitative estimate of drug-likeness (QED) is 0.854. The second kappa shape index (κ2) is 6.04. The lowest BCUT2D eigenvalue weighted by molar-refractivity contribution is 0.466. The molecule has 0 radical (unpaired) electrons. The number of rotatable bonds is 5. The van der Waals surface area contributed by atoms with E-state index in [0.717, 1.165) is 11.1 Å². The van der Waals surface area contributed by atoms with Crippen LogP contribution in [0, 0.1) is 12.7 Å². The van der Waals surface area contributed by atoms with Gasteiger partial charge in [-0.25, -0.2) is 4.39 Å². The van der Waals surface area contributed by atoms with Crippen LogP contribution in [-0.2, 0) is 6.54 Å². The first-order valence-electron chi connectivity index (χ1n) is 7.07. The van der Waals surface area contributed by atoms with Crippen LogP contribution in [0.4, 0.5) is 4.39 Å². The van der Waals surface area contributed by atoms with Crippen LogP contribution in [0.25, 0.3) is 0 Å². The summed E-state index contributed by atoms with van der Waals surface area (Å²) in [6.45, 7) is 2.56. The highest BCUT2D eigenvalue weighted by Crippen LogP contribution is 2.31. The first-order valence-corrected chi connectivity index (χ1v) is 7.45. The molecule has 0 unspecified atom stereocenters. The van der Waals surface area contributed by atoms with Crippen molar-refractivity contribution < 1.29 is 9.13 Å². The second-order valence-electron chi connectivity index (χ2n) is 5.42. The van der Waals surface area contributed by atoms with Crippen molar-refractivity contribution in [1.82, 2.24) is 5.32 Å². The second-order valence-corrected chi connectivity index (χ2v) is 5.86. The number of hydrogen-bond acceptors (Lipinski definition) is 2. The van der Waals surface area contributed by atoms with Gasteiger partial charge in [-0.05, 0) is 55.7 Å². The van der Waals surface area contributed by atoms with Gasteiger partial charge in [0.2, 0.25) is 0 Å². The van der Waals surface area contributed by atoms with E-state index in [1.807, 2.05) is 19.1 Å². The number of benzene rings is 2. The molecule has 0 saturated heterocycles. The van der Waals surface area contributed by atoms with E-state index in [4.69, 9.17) is 16.3 Å². The van der Waals surface area contributed by atoms with E-state index in [9.17, 15) is 4.39 Å². The fourth-order valence-corrected chi connectivity index (χ4v) is 2.29. The maximum atomic E-state index is 13.5. The predicted molar refractivity (Wildman–Crippen MR) is 82.5 cm³/mol. The van der Waals surface area contributed by atoms with Gasteiger partial charge in [0.05, 0.1) is 0 Å². The van der Waals surface area contributed by atoms with E-state index in [1.54, 1.807) is 12.1 Å². The summed E-state index contributed by atoms with van der Waals surface area (Å²) in [5, 5.41) is 4.00. The van der Waals surface area contributed by atoms with Crippen molar-refractivity contribution >= 4 is 11.6 Å². The summed E-state index contributed by atoms with van der Waals surface area (Å²) in [5.74, 6) is 1.11. The van der Waals surface area contributed by atoms with Crippen molar-refractivity contribution in [2.75, 3.05) is 0 Å². The van der Waals surface area contributed by atoms with Gasteiger partial charge in [-0.2, -0.15) is 0 Å². The van der Waals surface area contributed by atoms with Crippen LogP contribution in [0.3, 0.4) is 0 Å². The zero-order valence-electron chi connectivity index (χ0n) is 11.8. The zero-order valence-corrected chi connectivity index (χ0v) is 12.6. The molecule has 1 saturated carbocycles. The normalized spacial score (nSPS) is 14.2. The minimum Gasteiger partial charge on any atom is -0.457 e. The predicted octanol–water partition coefficient (Wildman–Crippen LogP) is 4.83. The van der Waals surface area contributed by atoms with Gasteiger partial charge in [-0.3, -0.25) is 0 Å². The fourth-order valence-electron chi connectivity index (χ4n) is 2.13. The summed E-state index contributed by atoms with van der Waals surface area (Å²) in [5.41, 5.74) is 1.81. The molecule has 1 aliphatic rings. The Bertz CT molecular complexity index is 655. The number of aryl methyl sites for hydroxylation is 1. The summed E-state index contributed by atoms with van der Waals surface area (Å²) < 4.78 is 19.4. The third kappa shape index (κ3) is 3.74. The van der Waals surface area contributed by atoms with Crippen LogP contribution in [-0.4, -0.2) is 6.04 Å². The molecule has 0 heterocycles. The largest absolute Gasteiger partial charge is 0.457 e. The summed E-state index contributed by atoms with van der Waals surface area (Å²) in [4.78, 5) is 0. The molecule has 110 valence electrons. The first kappa shape index (κ1) is 14.4. The monoisotopic (exact) mass is 305 g/mol. The minimum atomic E-state index is -0.252. The molecular formula is C17H17ClFNO. The van der Waals surface area contributed by atoms with Crippen molar-refractivity contribution in [3.8, 4) is 11.5 Å². The first-order chi connectivity index (χ1) is 10.1. The van der Waals surface area contributed by atoms with Gasteiger partial charge in [0.25, 0.3) is 0 Å². The van der Waals surface area contributed by atoms with E-state index < -0.39 is 0 Å². The van der Waals surface area contributed by atoms with E-state index in [1.165, 1.54) is 25.0 Å². The Hall–Kier alpha value is -1.58. The molecule has 0 spiro atoms. The van der Waals surface area contributed by atoms with Gasteiger partial charge in [0.15, 0.2) is 0 Å². The van der Waals surface area contributed by atoms with Gasteiger partial charge in [0, 0.05) is 23.2 Å². The molecule has 3 rings (SSSR count). The summed E-state index contributed by atoms with van der Waals surface area (Å²) in [6.07, 6.45) is 2.39. The SMILES string of the molecule is Cc1ccc(Cl)cc1Oc1ccc(F)cc1CNC1CC1. The summed E-state index contributed by atoms with van der Waals surface area (Å²) in [7, 11) is 0. The Labute approximate surface area is 128 Å². The Morgan fingerprint density at radius 1 is 1.19 bits per heavy atom. The van der Waals surface area contributed by atoms with Crippen molar-refractivity contribution in [1.29, 1.82) is 0 Å². The number of nitrogens with one attached hydrogen (secondary N) is 1. The highest BCUT2D eigenvalue weighted by molar-refractivity contribution is 6.30. The molecule has 4 heteroatoms. The molecule has 2 aromatic carbocycles. The lowest BCUT2D eigenvalue weighted by Gasteiger charge is -2.14. The van der Waals surface area contributed by atoms with Crippen LogP contribution in [0.2, 0.25) is 5.02 Å². The maximum Gasteiger partial charge on any atom is 0.132 e. The Kier molecular flexibility index (Phi) is 4.13. The maximum absolute atomic E-state index is 13.5. The van der Waals surface area contributed by atoms with E-state index in [0.29, 0.717) is 29.1 Å². The molecular weight excluding hydrogens is 289 g/mol. The van der Waals surface area contributed by atoms with Crippen molar-refractivity contribution in [3.63, 3.8) is 0 Å².